The second kappa shape index (κ2) is 6.11. The number of nitrogens with one attached hydrogen (secondary N) is 1. The predicted octanol–water partition coefficient (Wildman–Crippen LogP) is 2.18. The minimum absolute atomic E-state index is 0.452. The molecule has 0 saturated heterocycles. The summed E-state index contributed by atoms with van der Waals surface area (Å²) in [6, 6.07) is 1.40. The molecule has 0 aromatic rings. The van der Waals surface area contributed by atoms with Gasteiger partial charge >= 0.3 is 0 Å². The molecule has 19 heavy (non-hydrogen) atoms. The lowest BCUT2D eigenvalue weighted by Crippen LogP contribution is -2.61. The van der Waals surface area contributed by atoms with Crippen LogP contribution in [0.2, 0.25) is 0 Å². The van der Waals surface area contributed by atoms with E-state index in [1.165, 1.54) is 45.1 Å². The smallest absolute Gasteiger partial charge is 0.0330 e. The summed E-state index contributed by atoms with van der Waals surface area (Å²) in [5.41, 5.74) is 0.452. The molecular weight excluding hydrogens is 234 g/mol. The Bertz CT molecular complexity index is 286. The fourth-order valence-electron chi connectivity index (χ4n) is 4.09. The number of likely N-dealkylation sites (N-methyl/N-ethyl adjacent to an activating group) is 3. The lowest BCUT2D eigenvalue weighted by Gasteiger charge is -2.52. The third-order valence-electron chi connectivity index (χ3n) is 5.79. The van der Waals surface area contributed by atoms with Crippen molar-refractivity contribution in [3.05, 3.63) is 0 Å². The zero-order chi connectivity index (χ0) is 14.0. The average Bonchev–Trinajstić information content (AvgIpc) is 2.33. The van der Waals surface area contributed by atoms with Crippen molar-refractivity contribution in [1.82, 2.24) is 15.1 Å². The number of rotatable bonds is 5. The van der Waals surface area contributed by atoms with Crippen molar-refractivity contribution >= 4 is 0 Å². The molecule has 2 fully saturated rings. The molecule has 112 valence electrons. The third-order valence-corrected chi connectivity index (χ3v) is 5.79. The summed E-state index contributed by atoms with van der Waals surface area (Å²) in [5, 5.41) is 3.55. The first kappa shape index (κ1) is 15.3. The summed E-state index contributed by atoms with van der Waals surface area (Å²) in [6.45, 7) is 3.65. The minimum atomic E-state index is 0.452. The maximum Gasteiger partial charge on any atom is 0.0330 e. The molecule has 2 rings (SSSR count). The monoisotopic (exact) mass is 267 g/mol. The molecular formula is C16H33N3. The largest absolute Gasteiger partial charge is 0.315 e. The SMILES string of the molecule is CNC1CCC(C)CC1N(C)CC1(N(C)C)CCC1. The molecule has 2 aliphatic carbocycles. The van der Waals surface area contributed by atoms with Gasteiger partial charge in [0.25, 0.3) is 0 Å². The van der Waals surface area contributed by atoms with Gasteiger partial charge in [-0.2, -0.15) is 0 Å². The van der Waals surface area contributed by atoms with Crippen molar-refractivity contribution in [1.29, 1.82) is 0 Å². The first-order valence-corrected chi connectivity index (χ1v) is 8.03. The molecule has 0 radical (unpaired) electrons. The quantitative estimate of drug-likeness (QED) is 0.824. The second-order valence-electron chi connectivity index (χ2n) is 7.27. The van der Waals surface area contributed by atoms with Crippen LogP contribution in [0.1, 0.15) is 45.4 Å². The Morgan fingerprint density at radius 3 is 2.32 bits per heavy atom. The molecule has 0 bridgehead atoms. The molecule has 3 unspecified atom stereocenters. The molecule has 0 aliphatic heterocycles. The lowest BCUT2D eigenvalue weighted by atomic mass is 9.74. The van der Waals surface area contributed by atoms with Crippen molar-refractivity contribution in [2.75, 3.05) is 34.7 Å². The van der Waals surface area contributed by atoms with Crippen molar-refractivity contribution < 1.29 is 0 Å². The summed E-state index contributed by atoms with van der Waals surface area (Å²) >= 11 is 0. The first-order valence-electron chi connectivity index (χ1n) is 8.03. The minimum Gasteiger partial charge on any atom is -0.315 e. The van der Waals surface area contributed by atoms with Crippen LogP contribution in [-0.4, -0.2) is 62.2 Å². The van der Waals surface area contributed by atoms with Crippen LogP contribution >= 0.6 is 0 Å². The Morgan fingerprint density at radius 1 is 1.16 bits per heavy atom. The predicted molar refractivity (Wildman–Crippen MR) is 82.5 cm³/mol. The fraction of sp³-hybridized carbons (Fsp3) is 1.00. The number of hydrogen-bond donors (Lipinski definition) is 1. The molecule has 3 heteroatoms. The molecule has 2 saturated carbocycles. The zero-order valence-electron chi connectivity index (χ0n) is 13.6. The van der Waals surface area contributed by atoms with Crippen LogP contribution in [0.4, 0.5) is 0 Å². The van der Waals surface area contributed by atoms with Gasteiger partial charge in [-0.25, -0.2) is 0 Å². The standard InChI is InChI=1S/C16H33N3/c1-13-7-8-14(17-2)15(11-13)19(5)12-16(18(3)4)9-6-10-16/h13-15,17H,6-12H2,1-5H3. The van der Waals surface area contributed by atoms with Crippen LogP contribution in [0.5, 0.6) is 0 Å². The normalized spacial score (nSPS) is 34.6. The van der Waals surface area contributed by atoms with E-state index in [9.17, 15) is 0 Å². The Hall–Kier alpha value is -0.120. The van der Waals surface area contributed by atoms with E-state index in [0.717, 1.165) is 5.92 Å². The van der Waals surface area contributed by atoms with Gasteiger partial charge in [0.2, 0.25) is 0 Å². The van der Waals surface area contributed by atoms with Crippen LogP contribution in [0.15, 0.2) is 0 Å². The van der Waals surface area contributed by atoms with E-state index in [4.69, 9.17) is 0 Å². The Labute approximate surface area is 119 Å². The Kier molecular flexibility index (Phi) is 4.91. The van der Waals surface area contributed by atoms with E-state index in [1.54, 1.807) is 0 Å². The molecule has 0 amide bonds. The van der Waals surface area contributed by atoms with Crippen molar-refractivity contribution in [2.45, 2.75) is 63.1 Å². The number of hydrogen-bond acceptors (Lipinski definition) is 3. The molecule has 0 heterocycles. The van der Waals surface area contributed by atoms with Gasteiger partial charge < -0.3 is 15.1 Å². The molecule has 3 nitrogen and oxygen atoms in total. The summed E-state index contributed by atoms with van der Waals surface area (Å²) in [6.07, 6.45) is 8.22. The maximum atomic E-state index is 3.55. The van der Waals surface area contributed by atoms with Gasteiger partial charge in [0.15, 0.2) is 0 Å². The average molecular weight is 267 g/mol. The molecule has 0 aromatic heterocycles. The fourth-order valence-corrected chi connectivity index (χ4v) is 4.09. The highest BCUT2D eigenvalue weighted by Gasteiger charge is 2.42. The van der Waals surface area contributed by atoms with Crippen molar-refractivity contribution in [3.63, 3.8) is 0 Å². The number of nitrogens with zero attached hydrogens (tertiary/aromatic N) is 2. The van der Waals surface area contributed by atoms with Gasteiger partial charge in [-0.05, 0) is 72.6 Å². The highest BCUT2D eigenvalue weighted by Crippen LogP contribution is 2.38. The summed E-state index contributed by atoms with van der Waals surface area (Å²) in [7, 11) is 8.99. The van der Waals surface area contributed by atoms with Crippen LogP contribution in [0, 0.1) is 5.92 Å². The van der Waals surface area contributed by atoms with Gasteiger partial charge in [0, 0.05) is 24.2 Å². The zero-order valence-corrected chi connectivity index (χ0v) is 13.6. The van der Waals surface area contributed by atoms with Crippen LogP contribution in [-0.2, 0) is 0 Å². The van der Waals surface area contributed by atoms with E-state index in [1.807, 2.05) is 0 Å². The highest BCUT2D eigenvalue weighted by molar-refractivity contribution is 5.00. The van der Waals surface area contributed by atoms with Gasteiger partial charge in [0.1, 0.15) is 0 Å². The van der Waals surface area contributed by atoms with Gasteiger partial charge in [-0.3, -0.25) is 0 Å². The van der Waals surface area contributed by atoms with Crippen LogP contribution in [0.25, 0.3) is 0 Å². The van der Waals surface area contributed by atoms with Crippen molar-refractivity contribution in [3.8, 4) is 0 Å². The summed E-state index contributed by atoms with van der Waals surface area (Å²) < 4.78 is 0. The topological polar surface area (TPSA) is 18.5 Å². The van der Waals surface area contributed by atoms with Crippen LogP contribution < -0.4 is 5.32 Å². The third kappa shape index (κ3) is 3.14. The van der Waals surface area contributed by atoms with Gasteiger partial charge in [-0.15, -0.1) is 0 Å². The Morgan fingerprint density at radius 2 is 1.84 bits per heavy atom. The van der Waals surface area contributed by atoms with Gasteiger partial charge in [-0.1, -0.05) is 6.92 Å². The highest BCUT2D eigenvalue weighted by atomic mass is 15.2. The summed E-state index contributed by atoms with van der Waals surface area (Å²) in [5.74, 6) is 0.883. The lowest BCUT2D eigenvalue weighted by molar-refractivity contribution is 0.00214. The molecule has 2 aliphatic rings. The van der Waals surface area contributed by atoms with Crippen LogP contribution in [0.3, 0.4) is 0 Å². The summed E-state index contributed by atoms with van der Waals surface area (Å²) in [4.78, 5) is 5.11. The van der Waals surface area contributed by atoms with E-state index in [-0.39, 0.29) is 0 Å². The second-order valence-corrected chi connectivity index (χ2v) is 7.27. The van der Waals surface area contributed by atoms with Crippen molar-refractivity contribution in [2.24, 2.45) is 5.92 Å². The maximum absolute atomic E-state index is 3.55. The van der Waals surface area contributed by atoms with E-state index >= 15 is 0 Å². The molecule has 3 atom stereocenters. The Balaban J connectivity index is 1.99. The van der Waals surface area contributed by atoms with E-state index in [2.05, 4.69) is 50.2 Å². The molecule has 0 spiro atoms. The van der Waals surface area contributed by atoms with E-state index < -0.39 is 0 Å². The van der Waals surface area contributed by atoms with E-state index in [0.29, 0.717) is 17.6 Å². The molecule has 1 N–H and O–H groups in total. The van der Waals surface area contributed by atoms with Gasteiger partial charge in [0.05, 0.1) is 0 Å². The molecule has 0 aromatic carbocycles. The first-order chi connectivity index (χ1) is 8.98.